The lowest BCUT2D eigenvalue weighted by atomic mass is 10.2. The van der Waals surface area contributed by atoms with Crippen LogP contribution < -0.4 is 9.46 Å². The quantitative estimate of drug-likeness (QED) is 0.810. The van der Waals surface area contributed by atoms with E-state index in [4.69, 9.17) is 0 Å². The number of para-hydroxylation sites is 2. The Morgan fingerprint density at radius 3 is 2.29 bits per heavy atom. The summed E-state index contributed by atoms with van der Waals surface area (Å²) >= 11 is 0. The number of rotatable bonds is 5. The summed E-state index contributed by atoms with van der Waals surface area (Å²) in [6.45, 7) is -3.19. The van der Waals surface area contributed by atoms with Crippen LogP contribution in [0.3, 0.4) is 0 Å². The molecule has 0 heterocycles. The van der Waals surface area contributed by atoms with Crippen LogP contribution in [0.2, 0.25) is 0 Å². The average molecular weight is 367 g/mol. The molecule has 24 heavy (non-hydrogen) atoms. The highest BCUT2D eigenvalue weighted by Crippen LogP contribution is 2.32. The van der Waals surface area contributed by atoms with Gasteiger partial charge in [-0.15, -0.1) is 0 Å². The molecule has 0 aliphatic carbocycles. The van der Waals surface area contributed by atoms with Crippen molar-refractivity contribution in [3.8, 4) is 5.75 Å². The Morgan fingerprint density at radius 1 is 1.00 bits per heavy atom. The summed E-state index contributed by atoms with van der Waals surface area (Å²) < 4.78 is 93.1. The topological polar surface area (TPSA) is 55.4 Å². The van der Waals surface area contributed by atoms with E-state index in [-0.39, 0.29) is 5.69 Å². The molecular weight excluding hydrogens is 357 g/mol. The van der Waals surface area contributed by atoms with Gasteiger partial charge in [-0.05, 0) is 30.3 Å². The summed E-state index contributed by atoms with van der Waals surface area (Å²) in [5.41, 5.74) is -1.47. The van der Waals surface area contributed by atoms with E-state index in [1.165, 1.54) is 12.1 Å². The van der Waals surface area contributed by atoms with Crippen LogP contribution >= 0.6 is 0 Å². The number of nitrogens with one attached hydrogen (secondary N) is 1. The highest BCUT2D eigenvalue weighted by atomic mass is 32.2. The molecule has 2 rings (SSSR count). The van der Waals surface area contributed by atoms with Crippen LogP contribution in [0, 0.1) is 0 Å². The number of ether oxygens (including phenoxy) is 1. The molecule has 0 aliphatic heterocycles. The lowest BCUT2D eigenvalue weighted by Crippen LogP contribution is -2.16. The molecule has 0 fully saturated rings. The first-order valence-electron chi connectivity index (χ1n) is 6.33. The predicted octanol–water partition coefficient (Wildman–Crippen LogP) is 4.11. The van der Waals surface area contributed by atoms with Gasteiger partial charge in [0.1, 0.15) is 5.75 Å². The Hall–Kier alpha value is -2.36. The van der Waals surface area contributed by atoms with E-state index in [2.05, 4.69) is 4.74 Å². The van der Waals surface area contributed by atoms with Gasteiger partial charge >= 0.3 is 12.8 Å². The third-order valence-electron chi connectivity index (χ3n) is 2.82. The second-order valence-electron chi connectivity index (χ2n) is 4.51. The Kier molecular flexibility index (Phi) is 4.97. The number of sulfonamides is 1. The molecule has 0 saturated carbocycles. The number of hydrogen-bond acceptors (Lipinski definition) is 3. The van der Waals surface area contributed by atoms with Gasteiger partial charge in [0.15, 0.2) is 0 Å². The molecule has 0 amide bonds. The van der Waals surface area contributed by atoms with Crippen LogP contribution in [0.5, 0.6) is 5.75 Å². The molecule has 2 aromatic carbocycles. The third-order valence-corrected chi connectivity index (χ3v) is 4.18. The van der Waals surface area contributed by atoms with Crippen molar-refractivity contribution in [1.29, 1.82) is 0 Å². The number of anilines is 1. The fourth-order valence-electron chi connectivity index (χ4n) is 1.79. The maximum atomic E-state index is 12.7. The van der Waals surface area contributed by atoms with Crippen molar-refractivity contribution < 1.29 is 35.1 Å². The molecule has 0 unspecified atom stereocenters. The second kappa shape index (κ2) is 6.63. The van der Waals surface area contributed by atoms with Crippen molar-refractivity contribution >= 4 is 15.7 Å². The van der Waals surface area contributed by atoms with Crippen LogP contribution in [-0.2, 0) is 16.2 Å². The van der Waals surface area contributed by atoms with E-state index in [0.29, 0.717) is 12.1 Å². The summed E-state index contributed by atoms with van der Waals surface area (Å²) in [5, 5.41) is 0. The van der Waals surface area contributed by atoms with Crippen molar-refractivity contribution in [2.45, 2.75) is 17.7 Å². The molecule has 1 N–H and O–H groups in total. The lowest BCUT2D eigenvalue weighted by molar-refractivity contribution is -0.137. The van der Waals surface area contributed by atoms with Gasteiger partial charge in [-0.2, -0.15) is 22.0 Å². The molecule has 0 aromatic heterocycles. The second-order valence-corrected chi connectivity index (χ2v) is 6.19. The SMILES string of the molecule is O=S(=O)(Nc1ccccc1OC(F)F)c1cccc(C(F)(F)F)c1. The summed E-state index contributed by atoms with van der Waals surface area (Å²) in [6.07, 6.45) is -4.72. The van der Waals surface area contributed by atoms with Crippen molar-refractivity contribution in [1.82, 2.24) is 0 Å². The number of halogens is 5. The predicted molar refractivity (Wildman–Crippen MR) is 75.3 cm³/mol. The van der Waals surface area contributed by atoms with E-state index >= 15 is 0 Å². The van der Waals surface area contributed by atoms with Gasteiger partial charge in [0.2, 0.25) is 0 Å². The molecule has 0 aliphatic rings. The lowest BCUT2D eigenvalue weighted by Gasteiger charge is -2.14. The fourth-order valence-corrected chi connectivity index (χ4v) is 2.91. The highest BCUT2D eigenvalue weighted by Gasteiger charge is 2.31. The molecule has 0 spiro atoms. The minimum absolute atomic E-state index is 0.324. The number of benzene rings is 2. The molecule has 0 radical (unpaired) electrons. The van der Waals surface area contributed by atoms with Crippen LogP contribution in [0.1, 0.15) is 5.56 Å². The highest BCUT2D eigenvalue weighted by molar-refractivity contribution is 7.92. The standard InChI is InChI=1S/C14H10F5NO3S/c15-13(16)23-12-7-2-1-6-11(12)20-24(21,22)10-5-3-4-9(8-10)14(17,18)19/h1-8,13,20H. The zero-order chi connectivity index (χ0) is 18.0. The van der Waals surface area contributed by atoms with E-state index in [9.17, 15) is 30.4 Å². The van der Waals surface area contributed by atoms with Gasteiger partial charge in [-0.25, -0.2) is 8.42 Å². The zero-order valence-corrected chi connectivity index (χ0v) is 12.5. The van der Waals surface area contributed by atoms with Gasteiger partial charge in [-0.3, -0.25) is 4.72 Å². The number of alkyl halides is 5. The summed E-state index contributed by atoms with van der Waals surface area (Å²) in [4.78, 5) is -0.663. The third kappa shape index (κ3) is 4.34. The molecule has 4 nitrogen and oxygen atoms in total. The van der Waals surface area contributed by atoms with Crippen molar-refractivity contribution in [3.63, 3.8) is 0 Å². The molecule has 130 valence electrons. The minimum atomic E-state index is -4.72. The monoisotopic (exact) mass is 367 g/mol. The Labute approximate surface area is 133 Å². The maximum absolute atomic E-state index is 12.7. The first-order valence-corrected chi connectivity index (χ1v) is 7.82. The van der Waals surface area contributed by atoms with Crippen molar-refractivity contribution in [2.75, 3.05) is 4.72 Å². The Morgan fingerprint density at radius 2 is 1.67 bits per heavy atom. The average Bonchev–Trinajstić information content (AvgIpc) is 2.48. The summed E-state index contributed by atoms with van der Waals surface area (Å²) in [6, 6.07) is 7.96. The van der Waals surface area contributed by atoms with E-state index < -0.39 is 39.0 Å². The summed E-state index contributed by atoms with van der Waals surface area (Å²) in [5.74, 6) is -0.456. The Balaban J connectivity index is 2.36. The smallest absolute Gasteiger partial charge is 0.416 e. The molecule has 10 heteroatoms. The minimum Gasteiger partial charge on any atom is -0.433 e. The molecule has 0 saturated heterocycles. The molecular formula is C14H10F5NO3S. The van der Waals surface area contributed by atoms with E-state index in [0.717, 1.165) is 24.3 Å². The van der Waals surface area contributed by atoms with Crippen LogP contribution in [0.25, 0.3) is 0 Å². The van der Waals surface area contributed by atoms with Gasteiger partial charge in [0, 0.05) is 0 Å². The Bertz CT molecular complexity index is 821. The largest absolute Gasteiger partial charge is 0.433 e. The van der Waals surface area contributed by atoms with Gasteiger partial charge in [-0.1, -0.05) is 18.2 Å². The summed E-state index contributed by atoms with van der Waals surface area (Å²) in [7, 11) is -4.43. The van der Waals surface area contributed by atoms with E-state index in [1.807, 2.05) is 4.72 Å². The van der Waals surface area contributed by atoms with Crippen molar-refractivity contribution in [3.05, 3.63) is 54.1 Å². The van der Waals surface area contributed by atoms with Crippen LogP contribution in [0.15, 0.2) is 53.4 Å². The molecule has 2 aromatic rings. The van der Waals surface area contributed by atoms with E-state index in [1.54, 1.807) is 0 Å². The van der Waals surface area contributed by atoms with Crippen molar-refractivity contribution in [2.24, 2.45) is 0 Å². The first-order chi connectivity index (χ1) is 11.1. The fraction of sp³-hybridized carbons (Fsp3) is 0.143. The van der Waals surface area contributed by atoms with Crippen LogP contribution in [-0.4, -0.2) is 15.0 Å². The van der Waals surface area contributed by atoms with Gasteiger partial charge in [0.25, 0.3) is 10.0 Å². The first kappa shape index (κ1) is 18.0. The number of hydrogen-bond donors (Lipinski definition) is 1. The normalized spacial score (nSPS) is 12.2. The van der Waals surface area contributed by atoms with Crippen LogP contribution in [0.4, 0.5) is 27.6 Å². The zero-order valence-electron chi connectivity index (χ0n) is 11.7. The molecule has 0 atom stereocenters. The molecule has 0 bridgehead atoms. The van der Waals surface area contributed by atoms with Gasteiger partial charge in [0.05, 0.1) is 16.1 Å². The van der Waals surface area contributed by atoms with Gasteiger partial charge < -0.3 is 4.74 Å². The maximum Gasteiger partial charge on any atom is 0.416 e.